The third-order valence-corrected chi connectivity index (χ3v) is 13.0. The second-order valence-corrected chi connectivity index (χ2v) is 19.8. The molecule has 0 amide bonds. The third kappa shape index (κ3) is 46.7. The zero-order valence-electron chi connectivity index (χ0n) is 41.4. The van der Waals surface area contributed by atoms with Crippen LogP contribution in [0.5, 0.6) is 0 Å². The van der Waals surface area contributed by atoms with E-state index in [1.165, 1.54) is 193 Å². The minimum absolute atomic E-state index is 0.168. The summed E-state index contributed by atoms with van der Waals surface area (Å²) in [6, 6.07) is -1.52. The highest BCUT2D eigenvalue weighted by atomic mass is 31.2. The Bertz CT molecular complexity index is 1140. The average Bonchev–Trinajstić information content (AvgIpc) is 3.27. The van der Waals surface area contributed by atoms with E-state index in [1.54, 1.807) is 0 Å². The molecule has 0 heterocycles. The molecule has 1 unspecified atom stereocenters. The summed E-state index contributed by atoms with van der Waals surface area (Å²) in [6.07, 6.45) is 51.3. The maximum atomic E-state index is 12.7. The van der Waals surface area contributed by atoms with Crippen molar-refractivity contribution in [3.05, 3.63) is 12.2 Å². The number of carbonyl (C=O) groups is 3. The van der Waals surface area contributed by atoms with E-state index in [1.807, 2.05) is 0 Å². The molecule has 0 aromatic rings. The van der Waals surface area contributed by atoms with E-state index in [0.717, 1.165) is 38.5 Å². The normalized spacial score (nSPS) is 13.6. The first-order chi connectivity index (χ1) is 31.1. The minimum atomic E-state index is -4.72. The lowest BCUT2D eigenvalue weighted by Gasteiger charge is -2.20. The van der Waals surface area contributed by atoms with E-state index in [0.29, 0.717) is 12.8 Å². The Morgan fingerprint density at radius 1 is 0.469 bits per heavy atom. The quantitative estimate of drug-likeness (QED) is 0.0229. The van der Waals surface area contributed by atoms with Crippen molar-refractivity contribution in [3.8, 4) is 0 Å². The van der Waals surface area contributed by atoms with E-state index in [4.69, 9.17) is 29.4 Å². The summed E-state index contributed by atoms with van der Waals surface area (Å²) in [5.41, 5.74) is 5.36. The molecule has 378 valence electrons. The van der Waals surface area contributed by atoms with Crippen LogP contribution in [0.15, 0.2) is 12.2 Å². The van der Waals surface area contributed by atoms with Crippen LogP contribution in [0.2, 0.25) is 0 Å². The Labute approximate surface area is 392 Å². The largest absolute Gasteiger partial charge is 0.480 e. The number of carboxylic acids is 1. The molecule has 0 aliphatic carbocycles. The molecule has 12 heteroatoms. The van der Waals surface area contributed by atoms with Crippen LogP contribution in [0.3, 0.4) is 0 Å². The summed E-state index contributed by atoms with van der Waals surface area (Å²) >= 11 is 0. The predicted molar refractivity (Wildman–Crippen MR) is 263 cm³/mol. The van der Waals surface area contributed by atoms with Gasteiger partial charge in [-0.3, -0.25) is 23.4 Å². The number of allylic oxidation sites excluding steroid dienone is 2. The fourth-order valence-corrected chi connectivity index (χ4v) is 8.61. The number of ether oxygens (including phenoxy) is 2. The van der Waals surface area contributed by atoms with Crippen molar-refractivity contribution < 1.29 is 47.5 Å². The smallest absolute Gasteiger partial charge is 0.472 e. The van der Waals surface area contributed by atoms with Gasteiger partial charge in [-0.05, 0) is 38.5 Å². The van der Waals surface area contributed by atoms with Crippen molar-refractivity contribution >= 4 is 25.7 Å². The van der Waals surface area contributed by atoms with Gasteiger partial charge in [-0.15, -0.1) is 0 Å². The Morgan fingerprint density at radius 3 is 1.14 bits per heavy atom. The summed E-state index contributed by atoms with van der Waals surface area (Å²) in [5, 5.41) is 8.93. The second-order valence-electron chi connectivity index (χ2n) is 18.4. The molecule has 0 spiro atoms. The minimum Gasteiger partial charge on any atom is -0.480 e. The van der Waals surface area contributed by atoms with E-state index in [-0.39, 0.29) is 19.4 Å². The third-order valence-electron chi connectivity index (χ3n) is 12.0. The molecule has 0 aromatic heterocycles. The number of phosphoric acid groups is 1. The second kappa shape index (κ2) is 47.7. The van der Waals surface area contributed by atoms with Crippen molar-refractivity contribution in [3.63, 3.8) is 0 Å². The first kappa shape index (κ1) is 62.2. The molecule has 0 radical (unpaired) electrons. The molecule has 0 aromatic carbocycles. The standard InChI is InChI=1S/C52H100NO10P/c1-3-5-7-9-11-13-15-17-19-21-23-24-26-27-29-31-33-35-37-39-41-43-50(54)60-45-48(46-61-64(58,59)62-47-49(53)52(56)57)63-51(55)44-42-40-38-36-34-32-30-28-25-22-20-18-16-14-12-10-8-6-4-2/h17,19,48-49H,3-16,18,20-47,53H2,1-2H3,(H,56,57)(H,58,59)/b19-17-/t48-,49+/m1/s1. The molecule has 0 saturated heterocycles. The van der Waals surface area contributed by atoms with E-state index >= 15 is 0 Å². The van der Waals surface area contributed by atoms with Crippen LogP contribution < -0.4 is 5.73 Å². The maximum absolute atomic E-state index is 12.7. The topological polar surface area (TPSA) is 172 Å². The fraction of sp³-hybridized carbons (Fsp3) is 0.904. The zero-order valence-corrected chi connectivity index (χ0v) is 42.3. The van der Waals surface area contributed by atoms with Gasteiger partial charge in [-0.2, -0.15) is 0 Å². The highest BCUT2D eigenvalue weighted by molar-refractivity contribution is 7.47. The van der Waals surface area contributed by atoms with Crippen LogP contribution in [-0.4, -0.2) is 59.9 Å². The van der Waals surface area contributed by atoms with Crippen molar-refractivity contribution in [2.45, 2.75) is 283 Å². The number of unbranched alkanes of at least 4 members (excludes halogenated alkanes) is 35. The predicted octanol–water partition coefficient (Wildman–Crippen LogP) is 15.2. The molecular formula is C52H100NO10P. The number of hydrogen-bond acceptors (Lipinski definition) is 9. The van der Waals surface area contributed by atoms with Gasteiger partial charge in [0.1, 0.15) is 12.6 Å². The van der Waals surface area contributed by atoms with Crippen LogP contribution in [0.1, 0.15) is 271 Å². The van der Waals surface area contributed by atoms with Gasteiger partial charge in [-0.1, -0.05) is 231 Å². The SMILES string of the molecule is CCCCCCCC/C=C\CCCCCCCCCCCCCC(=O)OC[C@H](COP(=O)(O)OC[C@H](N)C(=O)O)OC(=O)CCCCCCCCCCCCCCCCCCCCC. The summed E-state index contributed by atoms with van der Waals surface area (Å²) < 4.78 is 32.9. The first-order valence-corrected chi connectivity index (χ1v) is 28.2. The molecular weight excluding hydrogens is 830 g/mol. The van der Waals surface area contributed by atoms with Gasteiger partial charge in [0.2, 0.25) is 0 Å². The average molecular weight is 930 g/mol. The van der Waals surface area contributed by atoms with Gasteiger partial charge in [0, 0.05) is 12.8 Å². The number of phosphoric ester groups is 1. The lowest BCUT2D eigenvalue weighted by Crippen LogP contribution is -2.34. The van der Waals surface area contributed by atoms with Crippen molar-refractivity contribution in [1.82, 2.24) is 0 Å². The van der Waals surface area contributed by atoms with E-state index in [2.05, 4.69) is 26.0 Å². The van der Waals surface area contributed by atoms with Crippen LogP contribution in [0, 0.1) is 0 Å². The van der Waals surface area contributed by atoms with Gasteiger partial charge in [0.05, 0.1) is 13.2 Å². The lowest BCUT2D eigenvalue weighted by molar-refractivity contribution is -0.161. The van der Waals surface area contributed by atoms with Gasteiger partial charge in [-0.25, -0.2) is 4.57 Å². The van der Waals surface area contributed by atoms with Gasteiger partial charge < -0.3 is 25.2 Å². The fourth-order valence-electron chi connectivity index (χ4n) is 7.83. The summed E-state index contributed by atoms with van der Waals surface area (Å²) in [6.45, 7) is 2.86. The van der Waals surface area contributed by atoms with Crippen molar-refractivity contribution in [2.24, 2.45) is 5.73 Å². The zero-order chi connectivity index (χ0) is 47.0. The van der Waals surface area contributed by atoms with E-state index < -0.39 is 51.1 Å². The Balaban J connectivity index is 4.18. The summed E-state index contributed by atoms with van der Waals surface area (Å²) in [7, 11) is -4.72. The monoisotopic (exact) mass is 930 g/mol. The molecule has 0 rings (SSSR count). The molecule has 3 atom stereocenters. The van der Waals surface area contributed by atoms with Gasteiger partial charge >= 0.3 is 25.7 Å². The summed E-state index contributed by atoms with van der Waals surface area (Å²) in [4.78, 5) is 46.2. The number of hydrogen-bond donors (Lipinski definition) is 3. The van der Waals surface area contributed by atoms with Crippen LogP contribution in [0.25, 0.3) is 0 Å². The molecule has 4 N–H and O–H groups in total. The number of carbonyl (C=O) groups excluding carboxylic acids is 2. The number of aliphatic carboxylic acids is 1. The Kier molecular flexibility index (Phi) is 46.4. The van der Waals surface area contributed by atoms with E-state index in [9.17, 15) is 23.8 Å². The molecule has 11 nitrogen and oxygen atoms in total. The highest BCUT2D eigenvalue weighted by Gasteiger charge is 2.28. The maximum Gasteiger partial charge on any atom is 0.472 e. The number of nitrogens with two attached hydrogens (primary N) is 1. The number of rotatable bonds is 51. The van der Waals surface area contributed by atoms with Crippen LogP contribution in [0.4, 0.5) is 0 Å². The van der Waals surface area contributed by atoms with Crippen LogP contribution >= 0.6 is 7.82 Å². The lowest BCUT2D eigenvalue weighted by atomic mass is 10.0. The van der Waals surface area contributed by atoms with Gasteiger partial charge in [0.25, 0.3) is 0 Å². The van der Waals surface area contributed by atoms with Gasteiger partial charge in [0.15, 0.2) is 6.10 Å². The first-order valence-electron chi connectivity index (χ1n) is 26.7. The molecule has 0 saturated carbocycles. The number of esters is 2. The highest BCUT2D eigenvalue weighted by Crippen LogP contribution is 2.43. The molecule has 0 aliphatic heterocycles. The molecule has 0 aliphatic rings. The molecule has 0 fully saturated rings. The Hall–Kier alpha value is -1.78. The molecule has 64 heavy (non-hydrogen) atoms. The van der Waals surface area contributed by atoms with Crippen LogP contribution in [-0.2, 0) is 37.5 Å². The number of carboxylic acid groups (broad SMARTS) is 1. The van der Waals surface area contributed by atoms with Crippen molar-refractivity contribution in [1.29, 1.82) is 0 Å². The molecule has 0 bridgehead atoms. The summed E-state index contributed by atoms with van der Waals surface area (Å²) in [5.74, 6) is -2.36. The van der Waals surface area contributed by atoms with Crippen molar-refractivity contribution in [2.75, 3.05) is 19.8 Å². The Morgan fingerprint density at radius 2 is 0.781 bits per heavy atom.